The molecular formula is C36H32Cl4N2O3. The van der Waals surface area contributed by atoms with Crippen LogP contribution in [0.4, 0.5) is 5.69 Å². The second-order valence-electron chi connectivity index (χ2n) is 11.0. The highest BCUT2D eigenvalue weighted by Gasteiger charge is 2.56. The fourth-order valence-electron chi connectivity index (χ4n) is 6.63. The molecule has 0 amide bonds. The van der Waals surface area contributed by atoms with Gasteiger partial charge in [-0.15, -0.1) is 0 Å². The zero-order valence-electron chi connectivity index (χ0n) is 25.6. The number of aryl methyl sites for hydroxylation is 2. The maximum atomic E-state index is 14.1. The van der Waals surface area contributed by atoms with Crippen LogP contribution in [0.25, 0.3) is 16.6 Å². The number of methoxy groups -OCH3 is 1. The molecule has 0 spiro atoms. The largest absolute Gasteiger partial charge is 0.496 e. The number of fused-ring (bicyclic) bond motifs is 2. The fourth-order valence-corrected chi connectivity index (χ4v) is 7.69. The molecule has 9 heteroatoms. The minimum absolute atomic E-state index is 0.00697. The normalized spacial score (nSPS) is 15.8. The molecule has 3 aromatic carbocycles. The fraction of sp³-hybridized carbons (Fsp3) is 0.250. The number of pyridine rings is 1. The van der Waals surface area contributed by atoms with Crippen LogP contribution in [0.5, 0.6) is 5.75 Å². The first-order valence-electron chi connectivity index (χ1n) is 14.9. The van der Waals surface area contributed by atoms with Crippen LogP contribution >= 0.6 is 46.4 Å². The molecular weight excluding hydrogens is 650 g/mol. The maximum absolute atomic E-state index is 14.1. The Kier molecular flexibility index (Phi) is 8.51. The zero-order chi connectivity index (χ0) is 32.2. The summed E-state index contributed by atoms with van der Waals surface area (Å²) in [6, 6.07) is 20.1. The smallest absolute Gasteiger partial charge is 0.341 e. The molecule has 232 valence electrons. The number of nitrogens with zero attached hydrogens (tertiary/aromatic N) is 2. The highest BCUT2D eigenvalue weighted by Crippen LogP contribution is 2.60. The van der Waals surface area contributed by atoms with Gasteiger partial charge in [-0.25, -0.2) is 4.79 Å². The van der Waals surface area contributed by atoms with Crippen molar-refractivity contribution in [1.29, 1.82) is 0 Å². The van der Waals surface area contributed by atoms with E-state index in [4.69, 9.17) is 55.9 Å². The van der Waals surface area contributed by atoms with Crippen LogP contribution in [-0.4, -0.2) is 30.6 Å². The summed E-state index contributed by atoms with van der Waals surface area (Å²) in [5.74, 6) is -0.147. The van der Waals surface area contributed by atoms with Crippen LogP contribution in [0.3, 0.4) is 0 Å². The molecule has 1 aliphatic heterocycles. The van der Waals surface area contributed by atoms with Crippen molar-refractivity contribution in [3.63, 3.8) is 0 Å². The Labute approximate surface area is 283 Å². The van der Waals surface area contributed by atoms with Gasteiger partial charge in [-0.3, -0.25) is 0 Å². The highest BCUT2D eigenvalue weighted by atomic mass is 35.5. The van der Waals surface area contributed by atoms with Gasteiger partial charge in [0.15, 0.2) is 5.60 Å². The van der Waals surface area contributed by atoms with E-state index in [2.05, 4.69) is 55.3 Å². The molecule has 1 atom stereocenters. The van der Waals surface area contributed by atoms with Crippen LogP contribution < -0.4 is 9.64 Å². The second kappa shape index (κ2) is 12.1. The van der Waals surface area contributed by atoms with Gasteiger partial charge >= 0.3 is 5.97 Å². The standard InChI is InChI=1S/C36H32Cl4N2O3/c1-6-21-14-17-25-29(27(20(4)42(25)19-21)22-12-10-9-11-13-22)36(24-16-15-23(18-26(24)44-5)41(7-2)8-3)30-28(35(43)45-36)31(37)33(39)34(40)32(30)38/h9-19H,6-8H2,1-5H3. The number of benzene rings is 3. The van der Waals surface area contributed by atoms with E-state index in [0.29, 0.717) is 22.4 Å². The van der Waals surface area contributed by atoms with E-state index in [1.54, 1.807) is 7.11 Å². The lowest BCUT2D eigenvalue weighted by Gasteiger charge is -2.34. The van der Waals surface area contributed by atoms with Crippen molar-refractivity contribution in [2.45, 2.75) is 39.7 Å². The lowest BCUT2D eigenvalue weighted by Crippen LogP contribution is -2.31. The van der Waals surface area contributed by atoms with Gasteiger partial charge < -0.3 is 18.8 Å². The third-order valence-corrected chi connectivity index (χ3v) is 10.6. The summed E-state index contributed by atoms with van der Waals surface area (Å²) in [7, 11) is 1.61. The van der Waals surface area contributed by atoms with Gasteiger partial charge in [0.2, 0.25) is 0 Å². The minimum atomic E-state index is -1.62. The van der Waals surface area contributed by atoms with Gasteiger partial charge in [0.1, 0.15) is 5.75 Å². The number of halogens is 4. The molecule has 2 aromatic heterocycles. The number of aromatic nitrogens is 1. The van der Waals surface area contributed by atoms with Gasteiger partial charge in [-0.1, -0.05) is 89.7 Å². The van der Waals surface area contributed by atoms with E-state index in [0.717, 1.165) is 53.1 Å². The van der Waals surface area contributed by atoms with Gasteiger partial charge in [0.05, 0.1) is 38.3 Å². The Morgan fingerprint density at radius 3 is 2.18 bits per heavy atom. The van der Waals surface area contributed by atoms with E-state index in [1.165, 1.54) is 0 Å². The average molecular weight is 682 g/mol. The maximum Gasteiger partial charge on any atom is 0.341 e. The average Bonchev–Trinajstić information content (AvgIpc) is 3.54. The quantitative estimate of drug-likeness (QED) is 0.0929. The van der Waals surface area contributed by atoms with Crippen molar-refractivity contribution in [1.82, 2.24) is 4.40 Å². The Morgan fingerprint density at radius 2 is 1.53 bits per heavy atom. The molecule has 45 heavy (non-hydrogen) atoms. The molecule has 1 aliphatic rings. The number of hydrogen-bond acceptors (Lipinski definition) is 4. The van der Waals surface area contributed by atoms with E-state index in [9.17, 15) is 4.79 Å². The molecule has 0 aliphatic carbocycles. The summed E-state index contributed by atoms with van der Waals surface area (Å²) in [6.07, 6.45) is 2.97. The number of carbonyl (C=O) groups excluding carboxylic acids is 1. The summed E-state index contributed by atoms with van der Waals surface area (Å²) in [6.45, 7) is 9.98. The predicted molar refractivity (Wildman–Crippen MR) is 185 cm³/mol. The van der Waals surface area contributed by atoms with E-state index in [1.807, 2.05) is 48.5 Å². The zero-order valence-corrected chi connectivity index (χ0v) is 28.6. The Bertz CT molecular complexity index is 1970. The predicted octanol–water partition coefficient (Wildman–Crippen LogP) is 10.4. The minimum Gasteiger partial charge on any atom is -0.496 e. The molecule has 0 fully saturated rings. The second-order valence-corrected chi connectivity index (χ2v) is 12.5. The third kappa shape index (κ3) is 4.70. The number of cyclic esters (lactones) is 1. The van der Waals surface area contributed by atoms with Gasteiger partial charge in [-0.2, -0.15) is 0 Å². The van der Waals surface area contributed by atoms with Crippen molar-refractivity contribution in [2.75, 3.05) is 25.1 Å². The molecule has 0 bridgehead atoms. The van der Waals surface area contributed by atoms with Crippen LogP contribution in [0.2, 0.25) is 20.1 Å². The summed E-state index contributed by atoms with van der Waals surface area (Å²) < 4.78 is 14.9. The van der Waals surface area contributed by atoms with Crippen molar-refractivity contribution in [3.05, 3.63) is 120 Å². The summed E-state index contributed by atoms with van der Waals surface area (Å²) in [5.41, 5.74) is 5.82. The number of esters is 1. The Hall–Kier alpha value is -3.35. The van der Waals surface area contributed by atoms with Crippen molar-refractivity contribution in [3.8, 4) is 16.9 Å². The van der Waals surface area contributed by atoms with Gasteiger partial charge in [0, 0.05) is 59.0 Å². The molecule has 5 nitrogen and oxygen atoms in total. The van der Waals surface area contributed by atoms with E-state index < -0.39 is 11.6 Å². The number of ether oxygens (including phenoxy) is 2. The molecule has 0 radical (unpaired) electrons. The highest BCUT2D eigenvalue weighted by molar-refractivity contribution is 6.53. The number of hydrogen-bond donors (Lipinski definition) is 0. The van der Waals surface area contributed by atoms with Crippen LogP contribution in [0, 0.1) is 6.92 Å². The summed E-state index contributed by atoms with van der Waals surface area (Å²) in [5, 5.41) is 0.107. The molecule has 0 saturated carbocycles. The van der Waals surface area contributed by atoms with Crippen molar-refractivity contribution >= 4 is 63.6 Å². The lowest BCUT2D eigenvalue weighted by atomic mass is 9.76. The number of anilines is 1. The first-order valence-corrected chi connectivity index (χ1v) is 16.4. The summed E-state index contributed by atoms with van der Waals surface area (Å²) >= 11 is 27.2. The first kappa shape index (κ1) is 31.6. The molecule has 6 rings (SSSR count). The number of rotatable bonds is 8. The van der Waals surface area contributed by atoms with Crippen molar-refractivity contribution in [2.24, 2.45) is 0 Å². The first-order chi connectivity index (χ1) is 21.6. The monoisotopic (exact) mass is 680 g/mol. The van der Waals surface area contributed by atoms with E-state index >= 15 is 0 Å². The third-order valence-electron chi connectivity index (χ3n) is 8.82. The molecule has 3 heterocycles. The molecule has 0 N–H and O–H groups in total. The summed E-state index contributed by atoms with van der Waals surface area (Å²) in [4.78, 5) is 16.3. The molecule has 0 saturated heterocycles. The topological polar surface area (TPSA) is 43.2 Å². The SMILES string of the molecule is CCc1ccc2c(C3(c4ccc(N(CC)CC)cc4OC)OC(=O)c4c(Cl)c(Cl)c(Cl)c(Cl)c43)c(-c3ccccc3)c(C)n2c1. The molecule has 1 unspecified atom stereocenters. The van der Waals surface area contributed by atoms with Crippen LogP contribution in [0.1, 0.15) is 59.1 Å². The Morgan fingerprint density at radius 1 is 0.844 bits per heavy atom. The Balaban J connectivity index is 1.86. The van der Waals surface area contributed by atoms with Crippen LogP contribution in [-0.2, 0) is 16.8 Å². The number of carbonyl (C=O) groups is 1. The van der Waals surface area contributed by atoms with Gasteiger partial charge in [-0.05, 0) is 56.5 Å². The molecule has 5 aromatic rings. The lowest BCUT2D eigenvalue weighted by molar-refractivity contribution is 0.0251. The van der Waals surface area contributed by atoms with Crippen molar-refractivity contribution < 1.29 is 14.3 Å². The van der Waals surface area contributed by atoms with Crippen LogP contribution in [0.15, 0.2) is 66.9 Å². The van der Waals surface area contributed by atoms with E-state index in [-0.39, 0.29) is 25.7 Å². The van der Waals surface area contributed by atoms with Gasteiger partial charge in [0.25, 0.3) is 0 Å².